The molecule has 154 valence electrons. The molecule has 0 bridgehead atoms. The number of esters is 1. The minimum absolute atomic E-state index is 0.113. The minimum Gasteiger partial charge on any atom is -0.508 e. The van der Waals surface area contributed by atoms with Crippen molar-refractivity contribution < 1.29 is 19.4 Å². The summed E-state index contributed by atoms with van der Waals surface area (Å²) in [7, 11) is 3.74. The molecule has 1 heterocycles. The molecule has 0 saturated heterocycles. The number of benzene rings is 2. The van der Waals surface area contributed by atoms with E-state index in [0.29, 0.717) is 27.8 Å². The van der Waals surface area contributed by atoms with Gasteiger partial charge < -0.3 is 20.5 Å². The molecule has 1 aromatic heterocycles. The summed E-state index contributed by atoms with van der Waals surface area (Å²) in [6, 6.07) is 11.6. The molecule has 0 saturated carbocycles. The molecule has 0 aliphatic rings. The third kappa shape index (κ3) is 3.99. The average molecular weight is 423 g/mol. The van der Waals surface area contributed by atoms with E-state index in [1.807, 2.05) is 25.1 Å². The number of nitrogens with zero attached hydrogens (tertiary/aromatic N) is 2. The highest BCUT2D eigenvalue weighted by Gasteiger charge is 2.28. The second-order valence-electron chi connectivity index (χ2n) is 7.11. The van der Waals surface area contributed by atoms with Crippen LogP contribution < -0.4 is 5.73 Å². The number of hydrogen-bond acceptors (Lipinski definition) is 8. The molecule has 7 nitrogen and oxygen atoms in total. The smallest absolute Gasteiger partial charge is 0.342 e. The summed E-state index contributed by atoms with van der Waals surface area (Å²) in [5.74, 6) is -1.05. The maximum Gasteiger partial charge on any atom is 0.342 e. The zero-order chi connectivity index (χ0) is 22.0. The molecule has 2 aromatic carbocycles. The number of Topliss-reactive ketones (excluding diaryl/α,β-unsaturated/α-hetero) is 1. The van der Waals surface area contributed by atoms with Gasteiger partial charge in [0.1, 0.15) is 16.3 Å². The summed E-state index contributed by atoms with van der Waals surface area (Å²) in [5, 5.41) is 20.4. The van der Waals surface area contributed by atoms with Gasteiger partial charge in [0.05, 0.1) is 11.6 Å². The van der Waals surface area contributed by atoms with Gasteiger partial charge in [-0.05, 0) is 39.2 Å². The van der Waals surface area contributed by atoms with Crippen molar-refractivity contribution >= 4 is 38.2 Å². The van der Waals surface area contributed by atoms with Crippen LogP contribution in [0, 0.1) is 11.3 Å². The number of nitrogen functional groups attached to an aromatic ring is 1. The fourth-order valence-electron chi connectivity index (χ4n) is 3.26. The number of ketones is 1. The standard InChI is InChI=1S/C22H21N3O4S/c1-12(26)19(14-7-5-4-6-13(14)10-23)29-22(28)18-15-8-9-17(27)16(11-25(2)3)20(15)30-21(18)24/h4-9,19,27H,11,24H2,1-3H3. The summed E-state index contributed by atoms with van der Waals surface area (Å²) >= 11 is 1.18. The van der Waals surface area contributed by atoms with Gasteiger partial charge in [0, 0.05) is 27.8 Å². The molecule has 30 heavy (non-hydrogen) atoms. The van der Waals surface area contributed by atoms with Crippen molar-refractivity contribution in [1.82, 2.24) is 4.90 Å². The Labute approximate surface area is 177 Å². The number of rotatable bonds is 6. The number of phenolic OH excluding ortho intramolecular Hbond substituents is 1. The fraction of sp³-hybridized carbons (Fsp3) is 0.227. The quantitative estimate of drug-likeness (QED) is 0.582. The third-order valence-corrected chi connectivity index (χ3v) is 5.69. The van der Waals surface area contributed by atoms with Gasteiger partial charge in [-0.25, -0.2) is 4.79 Å². The van der Waals surface area contributed by atoms with Crippen LogP contribution in [-0.2, 0) is 16.1 Å². The van der Waals surface area contributed by atoms with Crippen LogP contribution in [0.3, 0.4) is 0 Å². The highest BCUT2D eigenvalue weighted by molar-refractivity contribution is 7.23. The molecule has 0 fully saturated rings. The number of phenols is 1. The summed E-state index contributed by atoms with van der Waals surface area (Å²) in [6.07, 6.45) is -1.22. The number of nitrogens with two attached hydrogens (primary N) is 1. The molecule has 0 spiro atoms. The zero-order valence-corrected chi connectivity index (χ0v) is 17.6. The molecule has 0 radical (unpaired) electrons. The molecule has 3 rings (SSSR count). The van der Waals surface area contributed by atoms with Crippen LogP contribution in [0.1, 0.15) is 40.1 Å². The van der Waals surface area contributed by atoms with Crippen LogP contribution in [-0.4, -0.2) is 35.9 Å². The van der Waals surface area contributed by atoms with Gasteiger partial charge in [0.25, 0.3) is 0 Å². The molecule has 1 unspecified atom stereocenters. The Morgan fingerprint density at radius 1 is 1.27 bits per heavy atom. The SMILES string of the molecule is CC(=O)C(OC(=O)c1c(N)sc2c(CN(C)C)c(O)ccc12)c1ccccc1C#N. The van der Waals surface area contributed by atoms with Crippen molar-refractivity contribution in [2.75, 3.05) is 19.8 Å². The van der Waals surface area contributed by atoms with Crippen LogP contribution in [0.5, 0.6) is 5.75 Å². The Balaban J connectivity index is 2.05. The van der Waals surface area contributed by atoms with Crippen molar-refractivity contribution in [1.29, 1.82) is 5.26 Å². The zero-order valence-electron chi connectivity index (χ0n) is 16.8. The summed E-state index contributed by atoms with van der Waals surface area (Å²) in [6.45, 7) is 1.76. The topological polar surface area (TPSA) is 117 Å². The van der Waals surface area contributed by atoms with Gasteiger partial charge in [0.2, 0.25) is 0 Å². The number of fused-ring (bicyclic) bond motifs is 1. The Kier molecular flexibility index (Phi) is 6.06. The number of anilines is 1. The summed E-state index contributed by atoms with van der Waals surface area (Å²) in [4.78, 5) is 27.2. The first kappa shape index (κ1) is 21.3. The number of carbonyl (C=O) groups is 2. The van der Waals surface area contributed by atoms with E-state index >= 15 is 0 Å². The first-order chi connectivity index (χ1) is 14.2. The third-order valence-electron chi connectivity index (χ3n) is 4.60. The number of nitriles is 1. The second-order valence-corrected chi connectivity index (χ2v) is 8.17. The van der Waals surface area contributed by atoms with Crippen LogP contribution in [0.25, 0.3) is 10.1 Å². The van der Waals surface area contributed by atoms with E-state index in [1.54, 1.807) is 30.3 Å². The van der Waals surface area contributed by atoms with E-state index in [-0.39, 0.29) is 21.9 Å². The first-order valence-electron chi connectivity index (χ1n) is 9.12. The van der Waals surface area contributed by atoms with Crippen LogP contribution >= 0.6 is 11.3 Å². The van der Waals surface area contributed by atoms with Crippen LogP contribution in [0.2, 0.25) is 0 Å². The molecular formula is C22H21N3O4S. The molecule has 8 heteroatoms. The molecular weight excluding hydrogens is 402 g/mol. The Morgan fingerprint density at radius 2 is 1.97 bits per heavy atom. The molecule has 0 aliphatic heterocycles. The number of ether oxygens (including phenoxy) is 1. The largest absolute Gasteiger partial charge is 0.508 e. The molecule has 0 aliphatic carbocycles. The summed E-state index contributed by atoms with van der Waals surface area (Å²) in [5.41, 5.74) is 7.52. The molecule has 3 aromatic rings. The van der Waals surface area contributed by atoms with Gasteiger partial charge in [-0.1, -0.05) is 18.2 Å². The van der Waals surface area contributed by atoms with Crippen molar-refractivity contribution in [3.8, 4) is 11.8 Å². The lowest BCUT2D eigenvalue weighted by Gasteiger charge is -2.17. The fourth-order valence-corrected chi connectivity index (χ4v) is 4.35. The Bertz CT molecular complexity index is 1180. The van der Waals surface area contributed by atoms with E-state index in [9.17, 15) is 20.0 Å². The number of hydrogen-bond donors (Lipinski definition) is 2. The molecule has 1 atom stereocenters. The van der Waals surface area contributed by atoms with Gasteiger partial charge in [-0.2, -0.15) is 5.26 Å². The van der Waals surface area contributed by atoms with Crippen molar-refractivity contribution in [2.45, 2.75) is 19.6 Å². The Hall–Kier alpha value is -3.41. The molecule has 0 amide bonds. The lowest BCUT2D eigenvalue weighted by molar-refractivity contribution is -0.125. The predicted octanol–water partition coefficient (Wildman–Crippen LogP) is 3.61. The second kappa shape index (κ2) is 8.53. The van der Waals surface area contributed by atoms with Gasteiger partial charge in [0.15, 0.2) is 11.9 Å². The predicted molar refractivity (Wildman–Crippen MR) is 115 cm³/mol. The van der Waals surface area contributed by atoms with Crippen LogP contribution in [0.4, 0.5) is 5.00 Å². The average Bonchev–Trinajstić information content (AvgIpc) is 3.04. The van der Waals surface area contributed by atoms with Crippen molar-refractivity contribution in [2.24, 2.45) is 0 Å². The highest BCUT2D eigenvalue weighted by Crippen LogP contribution is 2.40. The van der Waals surface area contributed by atoms with Gasteiger partial charge >= 0.3 is 5.97 Å². The maximum absolute atomic E-state index is 13.0. The van der Waals surface area contributed by atoms with Crippen molar-refractivity contribution in [3.05, 3.63) is 58.7 Å². The molecule has 3 N–H and O–H groups in total. The monoisotopic (exact) mass is 423 g/mol. The maximum atomic E-state index is 13.0. The van der Waals surface area contributed by atoms with Crippen molar-refractivity contribution in [3.63, 3.8) is 0 Å². The van der Waals surface area contributed by atoms with E-state index in [4.69, 9.17) is 10.5 Å². The lowest BCUT2D eigenvalue weighted by atomic mass is 10.0. The van der Waals surface area contributed by atoms with E-state index in [1.165, 1.54) is 24.3 Å². The van der Waals surface area contributed by atoms with Gasteiger partial charge in [-0.15, -0.1) is 11.3 Å². The Morgan fingerprint density at radius 3 is 2.60 bits per heavy atom. The minimum atomic E-state index is -1.22. The van der Waals surface area contributed by atoms with E-state index < -0.39 is 17.9 Å². The number of thiophene rings is 1. The normalized spacial score (nSPS) is 12.0. The first-order valence-corrected chi connectivity index (χ1v) is 9.94. The lowest BCUT2D eigenvalue weighted by Crippen LogP contribution is -2.19. The number of carbonyl (C=O) groups excluding carboxylic acids is 2. The van der Waals surface area contributed by atoms with E-state index in [2.05, 4.69) is 0 Å². The van der Waals surface area contributed by atoms with E-state index in [0.717, 1.165) is 0 Å². The summed E-state index contributed by atoms with van der Waals surface area (Å²) < 4.78 is 6.22. The van der Waals surface area contributed by atoms with Gasteiger partial charge in [-0.3, -0.25) is 4.79 Å². The van der Waals surface area contributed by atoms with Crippen LogP contribution in [0.15, 0.2) is 36.4 Å². The number of aromatic hydroxyl groups is 1. The highest BCUT2D eigenvalue weighted by atomic mass is 32.1.